The number of nitrogens with one attached hydrogen (secondary N) is 2. The fraction of sp³-hybridized carbons (Fsp3) is 0.278. The average Bonchev–Trinajstić information content (AvgIpc) is 2.61. The molecule has 0 spiro atoms. The third kappa shape index (κ3) is 5.77. The molecule has 136 valence electrons. The van der Waals surface area contributed by atoms with E-state index >= 15 is 0 Å². The summed E-state index contributed by atoms with van der Waals surface area (Å²) in [5.41, 5.74) is 2.27. The minimum atomic E-state index is -0.211. The zero-order valence-corrected chi connectivity index (χ0v) is 17.1. The Morgan fingerprint density at radius 1 is 1.08 bits per heavy atom. The molecular weight excluding hydrogens is 436 g/mol. The molecule has 2 N–H and O–H groups in total. The maximum Gasteiger partial charge on any atom is 0.195 e. The molecule has 0 aliphatic heterocycles. The van der Waals surface area contributed by atoms with Gasteiger partial charge in [-0.15, -0.1) is 24.0 Å². The summed E-state index contributed by atoms with van der Waals surface area (Å²) < 4.78 is 24.1. The first-order valence-electron chi connectivity index (χ1n) is 7.52. The van der Waals surface area contributed by atoms with E-state index in [1.54, 1.807) is 34.3 Å². The second kappa shape index (κ2) is 10.1. The number of hydrogen-bond acceptors (Lipinski definition) is 3. The van der Waals surface area contributed by atoms with Crippen LogP contribution in [0.5, 0.6) is 11.5 Å². The third-order valence-corrected chi connectivity index (χ3v) is 3.57. The Bertz CT molecular complexity index is 738. The van der Waals surface area contributed by atoms with Crippen molar-refractivity contribution in [1.29, 1.82) is 0 Å². The summed E-state index contributed by atoms with van der Waals surface area (Å²) in [4.78, 5) is 4.17. The molecule has 25 heavy (non-hydrogen) atoms. The highest BCUT2D eigenvalue weighted by Crippen LogP contribution is 2.29. The summed E-state index contributed by atoms with van der Waals surface area (Å²) in [6.07, 6.45) is 0. The van der Waals surface area contributed by atoms with Crippen molar-refractivity contribution < 1.29 is 13.9 Å². The number of anilines is 1. The van der Waals surface area contributed by atoms with Crippen LogP contribution in [-0.4, -0.2) is 27.2 Å². The van der Waals surface area contributed by atoms with Crippen LogP contribution < -0.4 is 20.1 Å². The van der Waals surface area contributed by atoms with Crippen LogP contribution in [0.15, 0.2) is 41.4 Å². The molecule has 0 radical (unpaired) electrons. The van der Waals surface area contributed by atoms with Crippen LogP contribution in [0, 0.1) is 12.7 Å². The molecule has 0 bridgehead atoms. The lowest BCUT2D eigenvalue weighted by Gasteiger charge is -2.14. The van der Waals surface area contributed by atoms with Gasteiger partial charge >= 0.3 is 0 Å². The number of methoxy groups -OCH3 is 2. The van der Waals surface area contributed by atoms with Gasteiger partial charge in [0.1, 0.15) is 5.82 Å². The standard InChI is InChI=1S/C18H22FN3O2.HI/c1-12-5-6-13(9-15(12)19)11-21-18(20-2)22-14-7-8-16(23-3)17(10-14)24-4;/h5-10H,11H2,1-4H3,(H2,20,21,22);1H. The highest BCUT2D eigenvalue weighted by Gasteiger charge is 2.06. The molecule has 0 saturated carbocycles. The van der Waals surface area contributed by atoms with E-state index in [1.165, 1.54) is 6.07 Å². The Morgan fingerprint density at radius 2 is 1.80 bits per heavy atom. The number of halogens is 2. The molecule has 7 heteroatoms. The molecule has 2 aromatic carbocycles. The van der Waals surface area contributed by atoms with E-state index < -0.39 is 0 Å². The lowest BCUT2D eigenvalue weighted by atomic mass is 10.1. The SMILES string of the molecule is CN=C(NCc1ccc(C)c(F)c1)Nc1ccc(OC)c(OC)c1.I. The molecular formula is C18H23FIN3O2. The smallest absolute Gasteiger partial charge is 0.195 e. The van der Waals surface area contributed by atoms with E-state index in [9.17, 15) is 4.39 Å². The minimum absolute atomic E-state index is 0. The second-order valence-corrected chi connectivity index (χ2v) is 5.20. The van der Waals surface area contributed by atoms with Gasteiger partial charge in [-0.1, -0.05) is 12.1 Å². The Balaban J connectivity index is 0.00000312. The Morgan fingerprint density at radius 3 is 2.40 bits per heavy atom. The molecule has 0 unspecified atom stereocenters. The van der Waals surface area contributed by atoms with E-state index in [-0.39, 0.29) is 29.8 Å². The molecule has 0 amide bonds. The topological polar surface area (TPSA) is 54.9 Å². The summed E-state index contributed by atoms with van der Waals surface area (Å²) in [6.45, 7) is 2.20. The van der Waals surface area contributed by atoms with Gasteiger partial charge in [0, 0.05) is 25.3 Å². The van der Waals surface area contributed by atoms with Crippen molar-refractivity contribution in [2.45, 2.75) is 13.5 Å². The molecule has 0 saturated heterocycles. The first kappa shape index (κ1) is 21.0. The summed E-state index contributed by atoms with van der Waals surface area (Å²) in [7, 11) is 4.85. The van der Waals surface area contributed by atoms with Gasteiger partial charge in [0.25, 0.3) is 0 Å². The normalized spacial score (nSPS) is 10.7. The third-order valence-electron chi connectivity index (χ3n) is 3.57. The molecule has 0 aliphatic carbocycles. The number of nitrogens with zero attached hydrogens (tertiary/aromatic N) is 1. The first-order chi connectivity index (χ1) is 11.6. The predicted molar refractivity (Wildman–Crippen MR) is 110 cm³/mol. The Kier molecular flexibility index (Phi) is 8.47. The predicted octanol–water partition coefficient (Wildman–Crippen LogP) is 3.96. The van der Waals surface area contributed by atoms with E-state index in [0.717, 1.165) is 11.3 Å². The zero-order chi connectivity index (χ0) is 17.5. The number of ether oxygens (including phenoxy) is 2. The molecule has 0 aromatic heterocycles. The van der Waals surface area contributed by atoms with Crippen molar-refractivity contribution >= 4 is 35.6 Å². The van der Waals surface area contributed by atoms with Gasteiger partial charge in [-0.05, 0) is 36.2 Å². The van der Waals surface area contributed by atoms with Gasteiger partial charge in [-0.3, -0.25) is 4.99 Å². The molecule has 0 atom stereocenters. The molecule has 0 heterocycles. The highest BCUT2D eigenvalue weighted by atomic mass is 127. The zero-order valence-electron chi connectivity index (χ0n) is 14.7. The van der Waals surface area contributed by atoms with Crippen molar-refractivity contribution in [3.8, 4) is 11.5 Å². The van der Waals surface area contributed by atoms with Crippen LogP contribution in [-0.2, 0) is 6.54 Å². The molecule has 2 aromatic rings. The average molecular weight is 459 g/mol. The summed E-state index contributed by atoms with van der Waals surface area (Å²) in [6, 6.07) is 10.7. The van der Waals surface area contributed by atoms with E-state index in [2.05, 4.69) is 15.6 Å². The van der Waals surface area contributed by atoms with Crippen LogP contribution in [0.3, 0.4) is 0 Å². The minimum Gasteiger partial charge on any atom is -0.493 e. The van der Waals surface area contributed by atoms with Crippen molar-refractivity contribution in [2.75, 3.05) is 26.6 Å². The fourth-order valence-electron chi connectivity index (χ4n) is 2.16. The number of hydrogen-bond donors (Lipinski definition) is 2. The van der Waals surface area contributed by atoms with Crippen LogP contribution in [0.2, 0.25) is 0 Å². The van der Waals surface area contributed by atoms with Gasteiger partial charge in [-0.25, -0.2) is 4.39 Å². The number of rotatable bonds is 5. The highest BCUT2D eigenvalue weighted by molar-refractivity contribution is 14.0. The van der Waals surface area contributed by atoms with E-state index in [1.807, 2.05) is 24.3 Å². The molecule has 2 rings (SSSR count). The van der Waals surface area contributed by atoms with Crippen LogP contribution in [0.25, 0.3) is 0 Å². The van der Waals surface area contributed by atoms with Gasteiger partial charge < -0.3 is 20.1 Å². The van der Waals surface area contributed by atoms with Crippen LogP contribution >= 0.6 is 24.0 Å². The number of aliphatic imine (C=N–C) groups is 1. The summed E-state index contributed by atoms with van der Waals surface area (Å²) >= 11 is 0. The summed E-state index contributed by atoms with van der Waals surface area (Å²) in [5.74, 6) is 1.64. The van der Waals surface area contributed by atoms with Crippen molar-refractivity contribution in [1.82, 2.24) is 5.32 Å². The molecule has 5 nitrogen and oxygen atoms in total. The van der Waals surface area contributed by atoms with Crippen LogP contribution in [0.1, 0.15) is 11.1 Å². The summed E-state index contributed by atoms with van der Waals surface area (Å²) in [5, 5.41) is 6.31. The number of guanidine groups is 1. The van der Waals surface area contributed by atoms with Gasteiger partial charge in [0.2, 0.25) is 0 Å². The van der Waals surface area contributed by atoms with E-state index in [4.69, 9.17) is 9.47 Å². The van der Waals surface area contributed by atoms with Crippen molar-refractivity contribution in [3.05, 3.63) is 53.3 Å². The van der Waals surface area contributed by atoms with E-state index in [0.29, 0.717) is 29.6 Å². The van der Waals surface area contributed by atoms with Crippen molar-refractivity contribution in [3.63, 3.8) is 0 Å². The molecule has 0 fully saturated rings. The number of aryl methyl sites for hydroxylation is 1. The van der Waals surface area contributed by atoms with Gasteiger partial charge in [0.05, 0.1) is 14.2 Å². The lowest BCUT2D eigenvalue weighted by Crippen LogP contribution is -2.30. The first-order valence-corrected chi connectivity index (χ1v) is 7.52. The second-order valence-electron chi connectivity index (χ2n) is 5.20. The Labute approximate surface area is 164 Å². The van der Waals surface area contributed by atoms with Crippen LogP contribution in [0.4, 0.5) is 10.1 Å². The maximum atomic E-state index is 13.6. The monoisotopic (exact) mass is 459 g/mol. The fourth-order valence-corrected chi connectivity index (χ4v) is 2.16. The quantitative estimate of drug-likeness (QED) is 0.404. The van der Waals surface area contributed by atoms with Crippen molar-refractivity contribution in [2.24, 2.45) is 4.99 Å². The van der Waals surface area contributed by atoms with Gasteiger partial charge in [0.15, 0.2) is 17.5 Å². The van der Waals surface area contributed by atoms with Gasteiger partial charge in [-0.2, -0.15) is 0 Å². The molecule has 0 aliphatic rings. The maximum absolute atomic E-state index is 13.6. The Hall–Kier alpha value is -2.03. The largest absolute Gasteiger partial charge is 0.493 e. The number of benzene rings is 2. The lowest BCUT2D eigenvalue weighted by molar-refractivity contribution is 0.355.